The number of carbonyl (C=O) groups is 1. The average Bonchev–Trinajstić information content (AvgIpc) is 3.19. The number of methoxy groups -OCH3 is 1. The van der Waals surface area contributed by atoms with Crippen LogP contribution in [0.4, 0.5) is 0 Å². The highest BCUT2D eigenvalue weighted by atomic mass is 16.7. The van der Waals surface area contributed by atoms with Crippen LogP contribution in [0.3, 0.4) is 0 Å². The third-order valence-corrected chi connectivity index (χ3v) is 5.58. The van der Waals surface area contributed by atoms with Crippen LogP contribution in [0.2, 0.25) is 0 Å². The van der Waals surface area contributed by atoms with E-state index in [-0.39, 0.29) is 40.8 Å². The van der Waals surface area contributed by atoms with Crippen LogP contribution in [-0.4, -0.2) is 101 Å². The fourth-order valence-electron chi connectivity index (χ4n) is 3.86. The summed E-state index contributed by atoms with van der Waals surface area (Å²) in [4.78, 5) is 14.1. The topological polar surface area (TPSA) is 129 Å². The SMILES string of the molecule is C.C.C.CC.CC.COC[C@@H]1C[C@@H](O)CN1C(=O)CCCCCO[C@@H]1OC(CO)[C@H](O)[C@H](O)C1C. The number of carbonyl (C=O) groups excluding carboxylic acids is 1. The third-order valence-electron chi connectivity index (χ3n) is 5.58. The minimum atomic E-state index is -1.13. The molecule has 2 unspecified atom stereocenters. The largest absolute Gasteiger partial charge is 0.394 e. The molecule has 0 spiro atoms. The van der Waals surface area contributed by atoms with Crippen LogP contribution in [0.25, 0.3) is 0 Å². The lowest BCUT2D eigenvalue weighted by molar-refractivity contribution is -0.282. The van der Waals surface area contributed by atoms with E-state index in [9.17, 15) is 25.2 Å². The van der Waals surface area contributed by atoms with Crippen molar-refractivity contribution in [3.8, 4) is 0 Å². The number of likely N-dealkylation sites (tertiary alicyclic amines) is 1. The van der Waals surface area contributed by atoms with Gasteiger partial charge in [0.1, 0.15) is 12.2 Å². The Morgan fingerprint density at radius 3 is 2.14 bits per heavy atom. The fourth-order valence-corrected chi connectivity index (χ4v) is 3.86. The number of nitrogens with zero attached hydrogens (tertiary/aromatic N) is 1. The summed E-state index contributed by atoms with van der Waals surface area (Å²) in [6.45, 7) is 10.5. The summed E-state index contributed by atoms with van der Waals surface area (Å²) in [5.74, 6) is -0.370. The molecular weight excluding hydrogens is 454 g/mol. The van der Waals surface area contributed by atoms with Gasteiger partial charge in [0.2, 0.25) is 5.91 Å². The van der Waals surface area contributed by atoms with Crippen molar-refractivity contribution in [1.82, 2.24) is 4.90 Å². The van der Waals surface area contributed by atoms with Gasteiger partial charge in [-0.25, -0.2) is 0 Å². The molecule has 2 aliphatic rings. The first kappa shape index (κ1) is 41.3. The van der Waals surface area contributed by atoms with E-state index in [2.05, 4.69) is 0 Å². The van der Waals surface area contributed by atoms with E-state index in [1.165, 1.54) is 0 Å². The van der Waals surface area contributed by atoms with Crippen LogP contribution < -0.4 is 0 Å². The predicted octanol–water partition coefficient (Wildman–Crippen LogP) is 3.21. The molecule has 0 aliphatic carbocycles. The first-order chi connectivity index (χ1) is 15.4. The maximum atomic E-state index is 12.4. The molecule has 2 heterocycles. The lowest BCUT2D eigenvalue weighted by Gasteiger charge is -2.40. The molecule has 2 aliphatic heterocycles. The molecule has 0 bridgehead atoms. The molecule has 2 saturated heterocycles. The number of aliphatic hydroxyl groups excluding tert-OH is 4. The third kappa shape index (κ3) is 13.3. The van der Waals surface area contributed by atoms with Gasteiger partial charge in [0.15, 0.2) is 6.29 Å². The van der Waals surface area contributed by atoms with Crippen molar-refractivity contribution < 1.29 is 39.4 Å². The minimum absolute atomic E-state index is 0. The van der Waals surface area contributed by atoms with Gasteiger partial charge >= 0.3 is 0 Å². The number of hydrogen-bond donors (Lipinski definition) is 4. The van der Waals surface area contributed by atoms with Crippen molar-refractivity contribution in [2.75, 3.05) is 33.5 Å². The Labute approximate surface area is 215 Å². The zero-order chi connectivity index (χ0) is 24.7. The summed E-state index contributed by atoms with van der Waals surface area (Å²) < 4.78 is 16.3. The summed E-state index contributed by atoms with van der Waals surface area (Å²) in [6, 6.07) is -0.0537. The number of ether oxygens (including phenoxy) is 3. The van der Waals surface area contributed by atoms with Crippen molar-refractivity contribution in [1.29, 1.82) is 0 Å². The molecule has 216 valence electrons. The van der Waals surface area contributed by atoms with Crippen molar-refractivity contribution in [2.45, 2.75) is 126 Å². The number of β-amino-alcohol motifs (C(OH)–C–C–N with tert-alkyl or cyclic N) is 1. The Hall–Kier alpha value is -0.810. The van der Waals surface area contributed by atoms with Gasteiger partial charge in [-0.2, -0.15) is 0 Å². The summed E-state index contributed by atoms with van der Waals surface area (Å²) in [6.07, 6.45) is -0.936. The normalized spacial score (nSPS) is 29.2. The van der Waals surface area contributed by atoms with Crippen molar-refractivity contribution in [3.63, 3.8) is 0 Å². The second kappa shape index (κ2) is 23.6. The summed E-state index contributed by atoms with van der Waals surface area (Å²) in [5, 5.41) is 38.8. The smallest absolute Gasteiger partial charge is 0.222 e. The van der Waals surface area contributed by atoms with Crippen molar-refractivity contribution in [2.24, 2.45) is 5.92 Å². The Bertz CT molecular complexity index is 480. The van der Waals surface area contributed by atoms with Gasteiger partial charge in [-0.05, 0) is 19.3 Å². The Kier molecular flexibility index (Phi) is 27.8. The van der Waals surface area contributed by atoms with Crippen LogP contribution in [0, 0.1) is 5.92 Å². The molecule has 9 nitrogen and oxygen atoms in total. The predicted molar refractivity (Wildman–Crippen MR) is 142 cm³/mol. The Balaban J connectivity index is -0.000000652. The van der Waals surface area contributed by atoms with Gasteiger partial charge in [-0.1, -0.05) is 63.3 Å². The molecule has 0 radical (unpaired) electrons. The maximum absolute atomic E-state index is 12.4. The second-order valence-corrected chi connectivity index (χ2v) is 7.79. The highest BCUT2D eigenvalue weighted by Gasteiger charge is 2.42. The van der Waals surface area contributed by atoms with E-state index < -0.39 is 36.6 Å². The molecule has 9 heteroatoms. The van der Waals surface area contributed by atoms with Gasteiger partial charge in [-0.3, -0.25) is 4.79 Å². The van der Waals surface area contributed by atoms with E-state index in [0.29, 0.717) is 32.6 Å². The highest BCUT2D eigenvalue weighted by Crippen LogP contribution is 2.27. The number of hydrogen-bond acceptors (Lipinski definition) is 8. The van der Waals surface area contributed by atoms with E-state index in [1.54, 1.807) is 18.9 Å². The molecule has 4 N–H and O–H groups in total. The number of unbranched alkanes of at least 4 members (excludes halogenated alkanes) is 2. The lowest BCUT2D eigenvalue weighted by Crippen LogP contribution is -2.55. The van der Waals surface area contributed by atoms with Crippen LogP contribution in [0.15, 0.2) is 0 Å². The van der Waals surface area contributed by atoms with Crippen LogP contribution in [0.1, 0.15) is 89.0 Å². The van der Waals surface area contributed by atoms with E-state index in [4.69, 9.17) is 14.2 Å². The standard InChI is InChI=1S/C19H35NO8.2C2H6.3CH4/c1-12-17(24)18(25)15(10-21)28-19(12)27-7-5-3-4-6-16(23)20-9-14(22)8-13(20)11-26-2;2*1-2;;;/h12-15,17-19,21-22,24-25H,3-11H2,1-2H3;2*1-2H3;3*1H4/t12?,13-,14+,15?,17+,18-,19+;;;;;/m0...../s1. The van der Waals surface area contributed by atoms with Crippen molar-refractivity contribution in [3.05, 3.63) is 0 Å². The van der Waals surface area contributed by atoms with Gasteiger partial charge in [0.05, 0.1) is 31.5 Å². The molecule has 0 aromatic rings. The zero-order valence-electron chi connectivity index (χ0n) is 20.8. The molecule has 2 fully saturated rings. The Morgan fingerprint density at radius 1 is 1.00 bits per heavy atom. The average molecular weight is 514 g/mol. The molecule has 0 aromatic carbocycles. The first-order valence-corrected chi connectivity index (χ1v) is 12.1. The van der Waals surface area contributed by atoms with Gasteiger partial charge in [-0.15, -0.1) is 0 Å². The molecule has 2 rings (SSSR count). The maximum Gasteiger partial charge on any atom is 0.222 e. The quantitative estimate of drug-likeness (QED) is 0.328. The molecule has 0 aromatic heterocycles. The second-order valence-electron chi connectivity index (χ2n) is 7.79. The van der Waals surface area contributed by atoms with Gasteiger partial charge < -0.3 is 39.5 Å². The van der Waals surface area contributed by atoms with E-state index in [0.717, 1.165) is 19.3 Å². The minimum Gasteiger partial charge on any atom is -0.394 e. The molecule has 1 amide bonds. The van der Waals surface area contributed by atoms with Crippen LogP contribution in [-0.2, 0) is 19.0 Å². The van der Waals surface area contributed by atoms with Crippen molar-refractivity contribution >= 4 is 5.91 Å². The Morgan fingerprint density at radius 2 is 1.60 bits per heavy atom. The number of rotatable bonds is 10. The zero-order valence-corrected chi connectivity index (χ0v) is 20.8. The number of aliphatic hydroxyl groups is 4. The molecule has 35 heavy (non-hydrogen) atoms. The summed E-state index contributed by atoms with van der Waals surface area (Å²) in [7, 11) is 1.59. The summed E-state index contributed by atoms with van der Waals surface area (Å²) >= 11 is 0. The summed E-state index contributed by atoms with van der Waals surface area (Å²) in [5.41, 5.74) is 0. The fraction of sp³-hybridized carbons (Fsp3) is 0.962. The molecule has 7 atom stereocenters. The molecule has 0 saturated carbocycles. The van der Waals surface area contributed by atoms with E-state index >= 15 is 0 Å². The first-order valence-electron chi connectivity index (χ1n) is 12.1. The van der Waals surface area contributed by atoms with E-state index in [1.807, 2.05) is 27.7 Å². The lowest BCUT2D eigenvalue weighted by atomic mass is 9.92. The monoisotopic (exact) mass is 513 g/mol. The van der Waals surface area contributed by atoms with Crippen LogP contribution >= 0.6 is 0 Å². The highest BCUT2D eigenvalue weighted by molar-refractivity contribution is 5.76. The number of amides is 1. The van der Waals surface area contributed by atoms with Crippen LogP contribution in [0.5, 0.6) is 0 Å². The van der Waals surface area contributed by atoms with Gasteiger partial charge in [0.25, 0.3) is 0 Å². The molecular formula is C26H59NO8. The van der Waals surface area contributed by atoms with Gasteiger partial charge in [0, 0.05) is 32.6 Å².